The van der Waals surface area contributed by atoms with Crippen molar-refractivity contribution in [2.75, 3.05) is 31.3 Å². The van der Waals surface area contributed by atoms with E-state index in [1.807, 2.05) is 42.1 Å². The highest BCUT2D eigenvalue weighted by Crippen LogP contribution is 2.17. The number of rotatable bonds is 10. The molecule has 0 saturated carbocycles. The maximum absolute atomic E-state index is 12.3. The fourth-order valence-electron chi connectivity index (χ4n) is 2.63. The van der Waals surface area contributed by atoms with Crippen LogP contribution in [0.25, 0.3) is 0 Å². The van der Waals surface area contributed by atoms with E-state index in [0.717, 1.165) is 10.9 Å². The highest BCUT2D eigenvalue weighted by Gasteiger charge is 2.08. The topological polar surface area (TPSA) is 94.5 Å². The largest absolute Gasteiger partial charge is 0.497 e. The number of benzene rings is 2. The van der Waals surface area contributed by atoms with Crippen LogP contribution in [0, 0.1) is 0 Å². The molecule has 2 aromatic carbocycles. The second-order valence-electron chi connectivity index (χ2n) is 6.51. The average molecular weight is 441 g/mol. The molecular weight excluding hydrogens is 416 g/mol. The number of methoxy groups -OCH3 is 1. The smallest absolute Gasteiger partial charge is 0.251 e. The molecule has 31 heavy (non-hydrogen) atoms. The van der Waals surface area contributed by atoms with Crippen LogP contribution < -0.4 is 20.1 Å². The third-order valence-electron chi connectivity index (χ3n) is 4.26. The molecule has 0 saturated heterocycles. The standard InChI is InChI=1S/C22H24N4O4S/c1-26-13-11-24-22(26)31-15-20(27)25-17-5-3-16(4-6-17)21(28)23-12-14-30-19-9-7-18(29-2)8-10-19/h3-11,13H,12,14-15H2,1-2H3,(H,23,28)(H,25,27). The van der Waals surface area contributed by atoms with Crippen LogP contribution >= 0.6 is 11.8 Å². The molecule has 0 fully saturated rings. The van der Waals surface area contributed by atoms with Crippen LogP contribution in [-0.4, -0.2) is 47.4 Å². The zero-order valence-electron chi connectivity index (χ0n) is 17.3. The first-order valence-electron chi connectivity index (χ1n) is 9.60. The highest BCUT2D eigenvalue weighted by atomic mass is 32.2. The Bertz CT molecular complexity index is 1000. The van der Waals surface area contributed by atoms with Gasteiger partial charge in [0.15, 0.2) is 5.16 Å². The third kappa shape index (κ3) is 6.78. The summed E-state index contributed by atoms with van der Waals surface area (Å²) in [5, 5.41) is 6.39. The molecule has 0 aliphatic heterocycles. The van der Waals surface area contributed by atoms with Gasteiger partial charge < -0.3 is 24.7 Å². The second kappa shape index (κ2) is 11.1. The van der Waals surface area contributed by atoms with Gasteiger partial charge in [-0.1, -0.05) is 11.8 Å². The molecule has 1 heterocycles. The lowest BCUT2D eigenvalue weighted by molar-refractivity contribution is -0.113. The van der Waals surface area contributed by atoms with Gasteiger partial charge in [-0.2, -0.15) is 0 Å². The Morgan fingerprint density at radius 1 is 1.06 bits per heavy atom. The summed E-state index contributed by atoms with van der Waals surface area (Å²) in [6.07, 6.45) is 3.52. The van der Waals surface area contributed by atoms with Crippen LogP contribution in [0.15, 0.2) is 66.1 Å². The number of hydrogen-bond donors (Lipinski definition) is 2. The number of aromatic nitrogens is 2. The Balaban J connectivity index is 1.38. The number of thioether (sulfide) groups is 1. The number of amides is 2. The Morgan fingerprint density at radius 3 is 2.42 bits per heavy atom. The Hall–Kier alpha value is -3.46. The van der Waals surface area contributed by atoms with Gasteiger partial charge in [0.2, 0.25) is 5.91 Å². The molecule has 3 rings (SSSR count). The summed E-state index contributed by atoms with van der Waals surface area (Å²) in [7, 11) is 3.48. The molecule has 0 atom stereocenters. The van der Waals surface area contributed by atoms with E-state index in [-0.39, 0.29) is 17.6 Å². The molecule has 3 aromatic rings. The number of aryl methyl sites for hydroxylation is 1. The molecule has 0 spiro atoms. The predicted molar refractivity (Wildman–Crippen MR) is 120 cm³/mol. The van der Waals surface area contributed by atoms with E-state index in [2.05, 4.69) is 15.6 Å². The van der Waals surface area contributed by atoms with Gasteiger partial charge in [0.05, 0.1) is 19.4 Å². The van der Waals surface area contributed by atoms with E-state index in [1.165, 1.54) is 11.8 Å². The quantitative estimate of drug-likeness (QED) is 0.372. The minimum absolute atomic E-state index is 0.138. The summed E-state index contributed by atoms with van der Waals surface area (Å²) in [4.78, 5) is 28.5. The normalized spacial score (nSPS) is 10.4. The predicted octanol–water partition coefficient (Wildman–Crippen LogP) is 2.97. The van der Waals surface area contributed by atoms with Gasteiger partial charge in [-0.25, -0.2) is 4.98 Å². The molecule has 9 heteroatoms. The van der Waals surface area contributed by atoms with Crippen LogP contribution in [0.4, 0.5) is 5.69 Å². The number of anilines is 1. The third-order valence-corrected chi connectivity index (χ3v) is 5.31. The SMILES string of the molecule is COc1ccc(OCCNC(=O)c2ccc(NC(=O)CSc3nccn3C)cc2)cc1. The maximum Gasteiger partial charge on any atom is 0.251 e. The van der Waals surface area contributed by atoms with Crippen LogP contribution in [0.5, 0.6) is 11.5 Å². The molecule has 0 bridgehead atoms. The lowest BCUT2D eigenvalue weighted by Gasteiger charge is -2.09. The molecule has 8 nitrogen and oxygen atoms in total. The number of carbonyl (C=O) groups is 2. The Labute approximate surface area is 185 Å². The van der Waals surface area contributed by atoms with Gasteiger partial charge in [-0.3, -0.25) is 9.59 Å². The van der Waals surface area contributed by atoms with Crippen molar-refractivity contribution in [3.8, 4) is 11.5 Å². The first-order valence-corrected chi connectivity index (χ1v) is 10.6. The van der Waals surface area contributed by atoms with E-state index in [4.69, 9.17) is 9.47 Å². The molecule has 0 aliphatic rings. The minimum atomic E-state index is -0.207. The van der Waals surface area contributed by atoms with Gasteiger partial charge in [-0.05, 0) is 48.5 Å². The van der Waals surface area contributed by atoms with E-state index in [0.29, 0.717) is 30.2 Å². The van der Waals surface area contributed by atoms with Gasteiger partial charge in [-0.15, -0.1) is 0 Å². The molecule has 2 amide bonds. The second-order valence-corrected chi connectivity index (χ2v) is 7.46. The Kier molecular flexibility index (Phi) is 7.94. The lowest BCUT2D eigenvalue weighted by atomic mass is 10.2. The van der Waals surface area contributed by atoms with E-state index >= 15 is 0 Å². The average Bonchev–Trinajstić information content (AvgIpc) is 3.20. The molecule has 0 radical (unpaired) electrons. The van der Waals surface area contributed by atoms with Crippen LogP contribution in [0.3, 0.4) is 0 Å². The molecule has 0 aliphatic carbocycles. The van der Waals surface area contributed by atoms with Crippen molar-refractivity contribution in [2.45, 2.75) is 5.16 Å². The number of carbonyl (C=O) groups excluding carboxylic acids is 2. The van der Waals surface area contributed by atoms with Gasteiger partial charge in [0, 0.05) is 30.7 Å². The van der Waals surface area contributed by atoms with Crippen molar-refractivity contribution < 1.29 is 19.1 Å². The fraction of sp³-hybridized carbons (Fsp3) is 0.227. The molecular formula is C22H24N4O4S. The van der Waals surface area contributed by atoms with E-state index < -0.39 is 0 Å². The van der Waals surface area contributed by atoms with Crippen LogP contribution in [0.2, 0.25) is 0 Å². The molecule has 1 aromatic heterocycles. The van der Waals surface area contributed by atoms with Crippen molar-refractivity contribution >= 4 is 29.3 Å². The van der Waals surface area contributed by atoms with Gasteiger partial charge >= 0.3 is 0 Å². The van der Waals surface area contributed by atoms with Crippen LogP contribution in [0.1, 0.15) is 10.4 Å². The highest BCUT2D eigenvalue weighted by molar-refractivity contribution is 7.99. The monoisotopic (exact) mass is 440 g/mol. The summed E-state index contributed by atoms with van der Waals surface area (Å²) < 4.78 is 12.5. The van der Waals surface area contributed by atoms with Crippen molar-refractivity contribution in [1.29, 1.82) is 0 Å². The number of nitrogens with one attached hydrogen (secondary N) is 2. The summed E-state index contributed by atoms with van der Waals surface area (Å²) in [5.74, 6) is 1.37. The van der Waals surface area contributed by atoms with Crippen molar-refractivity contribution in [1.82, 2.24) is 14.9 Å². The summed E-state index contributed by atoms with van der Waals surface area (Å²) in [5.41, 5.74) is 1.13. The van der Waals surface area contributed by atoms with Crippen molar-refractivity contribution in [3.63, 3.8) is 0 Å². The minimum Gasteiger partial charge on any atom is -0.497 e. The molecule has 162 valence electrons. The fourth-order valence-corrected chi connectivity index (χ4v) is 3.36. The molecule has 0 unspecified atom stereocenters. The first kappa shape index (κ1) is 22.2. The summed E-state index contributed by atoms with van der Waals surface area (Å²) in [6, 6.07) is 14.0. The zero-order valence-corrected chi connectivity index (χ0v) is 18.1. The van der Waals surface area contributed by atoms with Crippen molar-refractivity contribution in [2.24, 2.45) is 7.05 Å². The van der Waals surface area contributed by atoms with E-state index in [9.17, 15) is 9.59 Å². The Morgan fingerprint density at radius 2 is 1.77 bits per heavy atom. The summed E-state index contributed by atoms with van der Waals surface area (Å²) >= 11 is 1.36. The number of nitrogens with zero attached hydrogens (tertiary/aromatic N) is 2. The van der Waals surface area contributed by atoms with E-state index in [1.54, 1.807) is 37.6 Å². The van der Waals surface area contributed by atoms with Crippen LogP contribution in [-0.2, 0) is 11.8 Å². The summed E-state index contributed by atoms with van der Waals surface area (Å²) in [6.45, 7) is 0.716. The number of ether oxygens (including phenoxy) is 2. The number of imidazole rings is 1. The van der Waals surface area contributed by atoms with Gasteiger partial charge in [0.1, 0.15) is 18.1 Å². The first-order chi connectivity index (χ1) is 15.0. The zero-order chi connectivity index (χ0) is 22.1. The number of hydrogen-bond acceptors (Lipinski definition) is 6. The maximum atomic E-state index is 12.3. The van der Waals surface area contributed by atoms with Crippen molar-refractivity contribution in [3.05, 3.63) is 66.5 Å². The van der Waals surface area contributed by atoms with Gasteiger partial charge in [0.25, 0.3) is 5.91 Å². The lowest BCUT2D eigenvalue weighted by Crippen LogP contribution is -2.28. The molecule has 2 N–H and O–H groups in total.